The second-order valence-corrected chi connectivity index (χ2v) is 9.31. The van der Waals surface area contributed by atoms with Gasteiger partial charge in [0.1, 0.15) is 5.54 Å². The molecule has 1 aliphatic rings. The van der Waals surface area contributed by atoms with E-state index < -0.39 is 15.6 Å². The zero-order chi connectivity index (χ0) is 21.1. The van der Waals surface area contributed by atoms with Crippen molar-refractivity contribution >= 4 is 21.6 Å². The van der Waals surface area contributed by atoms with Gasteiger partial charge in [-0.25, -0.2) is 8.42 Å². The third kappa shape index (κ3) is 4.77. The van der Waals surface area contributed by atoms with Crippen LogP contribution in [0.4, 0.5) is 5.69 Å². The number of nitriles is 1. The first-order valence-electron chi connectivity index (χ1n) is 9.69. The summed E-state index contributed by atoms with van der Waals surface area (Å²) in [5, 5.41) is 12.4. The second kappa shape index (κ2) is 8.26. The highest BCUT2D eigenvalue weighted by Gasteiger charge is 2.33. The summed E-state index contributed by atoms with van der Waals surface area (Å²) in [4.78, 5) is 12.8. The molecule has 0 aliphatic heterocycles. The molecule has 1 saturated carbocycles. The number of anilines is 1. The average molecular weight is 412 g/mol. The summed E-state index contributed by atoms with van der Waals surface area (Å²) in [6, 6.07) is 13.8. The molecule has 7 heteroatoms. The van der Waals surface area contributed by atoms with Crippen molar-refractivity contribution in [3.8, 4) is 6.07 Å². The quantitative estimate of drug-likeness (QED) is 0.775. The summed E-state index contributed by atoms with van der Waals surface area (Å²) in [6.07, 6.45) is 4.24. The topological polar surface area (TPSA) is 99.1 Å². The van der Waals surface area contributed by atoms with Crippen LogP contribution in [0.15, 0.2) is 47.4 Å². The van der Waals surface area contributed by atoms with Crippen LogP contribution in [0.2, 0.25) is 0 Å². The fourth-order valence-corrected chi connectivity index (χ4v) is 5.00. The van der Waals surface area contributed by atoms with Gasteiger partial charge in [-0.1, -0.05) is 31.4 Å². The molecule has 0 atom stereocenters. The second-order valence-electron chi connectivity index (χ2n) is 7.66. The van der Waals surface area contributed by atoms with E-state index in [4.69, 9.17) is 0 Å². The monoisotopic (exact) mass is 411 g/mol. The number of sulfonamides is 1. The van der Waals surface area contributed by atoms with E-state index >= 15 is 0 Å². The van der Waals surface area contributed by atoms with Crippen molar-refractivity contribution in [2.45, 2.75) is 56.4 Å². The highest BCUT2D eigenvalue weighted by molar-refractivity contribution is 7.92. The first-order chi connectivity index (χ1) is 13.7. The molecule has 152 valence electrons. The Bertz CT molecular complexity index is 1050. The third-order valence-corrected chi connectivity index (χ3v) is 6.83. The summed E-state index contributed by atoms with van der Waals surface area (Å²) >= 11 is 0. The Labute approximate surface area is 172 Å². The largest absolute Gasteiger partial charge is 0.334 e. The van der Waals surface area contributed by atoms with Gasteiger partial charge in [0.25, 0.3) is 15.9 Å². The number of nitrogens with zero attached hydrogens (tertiary/aromatic N) is 1. The van der Waals surface area contributed by atoms with Crippen molar-refractivity contribution in [3.63, 3.8) is 0 Å². The number of carbonyl (C=O) groups is 1. The summed E-state index contributed by atoms with van der Waals surface area (Å²) in [6.45, 7) is 3.59. The van der Waals surface area contributed by atoms with Crippen LogP contribution in [0.1, 0.15) is 53.6 Å². The van der Waals surface area contributed by atoms with E-state index in [0.717, 1.165) is 24.8 Å². The van der Waals surface area contributed by atoms with E-state index in [-0.39, 0.29) is 10.8 Å². The molecule has 2 aromatic carbocycles. The van der Waals surface area contributed by atoms with Gasteiger partial charge in [0.2, 0.25) is 0 Å². The van der Waals surface area contributed by atoms with Crippen molar-refractivity contribution in [2.24, 2.45) is 0 Å². The molecule has 1 aliphatic carbocycles. The molecule has 1 amide bonds. The summed E-state index contributed by atoms with van der Waals surface area (Å²) in [5.41, 5.74) is 1.47. The van der Waals surface area contributed by atoms with Gasteiger partial charge in [-0.05, 0) is 68.1 Å². The minimum Gasteiger partial charge on any atom is -0.334 e. The Balaban J connectivity index is 1.74. The first kappa shape index (κ1) is 20.9. The van der Waals surface area contributed by atoms with E-state index in [1.165, 1.54) is 0 Å². The Morgan fingerprint density at radius 2 is 1.69 bits per heavy atom. The minimum absolute atomic E-state index is 0.229. The highest BCUT2D eigenvalue weighted by Crippen LogP contribution is 2.28. The van der Waals surface area contributed by atoms with Gasteiger partial charge in [0, 0.05) is 11.3 Å². The fraction of sp³-hybridized carbons (Fsp3) is 0.364. The first-order valence-corrected chi connectivity index (χ1v) is 11.2. The molecule has 1 fully saturated rings. The molecule has 6 nitrogen and oxygen atoms in total. The van der Waals surface area contributed by atoms with Gasteiger partial charge in [-0.15, -0.1) is 0 Å². The van der Waals surface area contributed by atoms with Crippen LogP contribution in [0.5, 0.6) is 0 Å². The molecule has 0 heterocycles. The summed E-state index contributed by atoms with van der Waals surface area (Å²) in [5.74, 6) is -0.322. The number of hydrogen-bond acceptors (Lipinski definition) is 4. The fourth-order valence-electron chi connectivity index (χ4n) is 3.61. The SMILES string of the molecule is Cc1ccc(C)c(S(=O)(=O)Nc2ccc(C(=O)NC3(C#N)CCCCC3)cc2)c1. The molecule has 0 bridgehead atoms. The van der Waals surface area contributed by atoms with Crippen LogP contribution >= 0.6 is 0 Å². The lowest BCUT2D eigenvalue weighted by Gasteiger charge is -2.31. The number of benzene rings is 2. The van der Waals surface area contributed by atoms with E-state index in [9.17, 15) is 18.5 Å². The lowest BCUT2D eigenvalue weighted by atomic mass is 9.82. The van der Waals surface area contributed by atoms with Crippen LogP contribution in [0.25, 0.3) is 0 Å². The molecule has 3 rings (SSSR count). The van der Waals surface area contributed by atoms with E-state index in [0.29, 0.717) is 29.7 Å². The van der Waals surface area contributed by atoms with Crippen LogP contribution < -0.4 is 10.0 Å². The number of rotatable bonds is 5. The molecule has 0 aromatic heterocycles. The predicted octanol–water partition coefficient (Wildman–Crippen LogP) is 4.06. The van der Waals surface area contributed by atoms with Crippen molar-refractivity contribution in [2.75, 3.05) is 4.72 Å². The molecule has 0 radical (unpaired) electrons. The normalized spacial score (nSPS) is 15.9. The molecule has 0 spiro atoms. The van der Waals surface area contributed by atoms with Gasteiger partial charge in [-0.2, -0.15) is 5.26 Å². The van der Waals surface area contributed by atoms with Crippen LogP contribution in [0, 0.1) is 25.2 Å². The zero-order valence-corrected chi connectivity index (χ0v) is 17.5. The predicted molar refractivity (Wildman–Crippen MR) is 112 cm³/mol. The maximum absolute atomic E-state index is 12.7. The van der Waals surface area contributed by atoms with Crippen molar-refractivity contribution in [1.29, 1.82) is 5.26 Å². The molecule has 2 N–H and O–H groups in total. The zero-order valence-electron chi connectivity index (χ0n) is 16.7. The van der Waals surface area contributed by atoms with Gasteiger partial charge in [0.05, 0.1) is 11.0 Å². The molecule has 0 saturated heterocycles. The van der Waals surface area contributed by atoms with Gasteiger partial charge in [0.15, 0.2) is 0 Å². The summed E-state index contributed by atoms with van der Waals surface area (Å²) < 4.78 is 28.0. The number of nitrogens with one attached hydrogen (secondary N) is 2. The number of amides is 1. The average Bonchev–Trinajstić information content (AvgIpc) is 2.70. The molecule has 29 heavy (non-hydrogen) atoms. The molecule has 2 aromatic rings. The Hall–Kier alpha value is -2.85. The maximum Gasteiger partial charge on any atom is 0.262 e. The van der Waals surface area contributed by atoms with E-state index in [1.54, 1.807) is 43.3 Å². The number of carbonyl (C=O) groups excluding carboxylic acids is 1. The van der Waals surface area contributed by atoms with Crippen molar-refractivity contribution in [3.05, 3.63) is 59.2 Å². The lowest BCUT2D eigenvalue weighted by molar-refractivity contribution is 0.0902. The maximum atomic E-state index is 12.7. The van der Waals surface area contributed by atoms with Crippen LogP contribution in [-0.2, 0) is 10.0 Å². The van der Waals surface area contributed by atoms with Crippen molar-refractivity contribution in [1.82, 2.24) is 5.32 Å². The summed E-state index contributed by atoms with van der Waals surface area (Å²) in [7, 11) is -3.73. The Kier molecular flexibility index (Phi) is 5.94. The van der Waals surface area contributed by atoms with Gasteiger partial charge < -0.3 is 5.32 Å². The minimum atomic E-state index is -3.73. The standard InChI is InChI=1S/C22H25N3O3S/c1-16-6-7-17(2)20(14-16)29(27,28)25-19-10-8-18(9-11-19)21(26)24-22(15-23)12-4-3-5-13-22/h6-11,14,25H,3-5,12-13H2,1-2H3,(H,24,26). The highest BCUT2D eigenvalue weighted by atomic mass is 32.2. The van der Waals surface area contributed by atoms with Crippen LogP contribution in [0.3, 0.4) is 0 Å². The molecular weight excluding hydrogens is 386 g/mol. The number of aryl methyl sites for hydroxylation is 2. The smallest absolute Gasteiger partial charge is 0.262 e. The van der Waals surface area contributed by atoms with Gasteiger partial charge in [-0.3, -0.25) is 9.52 Å². The Morgan fingerprint density at radius 3 is 2.31 bits per heavy atom. The van der Waals surface area contributed by atoms with Gasteiger partial charge >= 0.3 is 0 Å². The van der Waals surface area contributed by atoms with Crippen LogP contribution in [-0.4, -0.2) is 19.9 Å². The van der Waals surface area contributed by atoms with E-state index in [1.807, 2.05) is 13.0 Å². The Morgan fingerprint density at radius 1 is 1.03 bits per heavy atom. The third-order valence-electron chi connectivity index (χ3n) is 5.31. The van der Waals surface area contributed by atoms with E-state index in [2.05, 4.69) is 16.1 Å². The lowest BCUT2D eigenvalue weighted by Crippen LogP contribution is -2.48. The number of hydrogen-bond donors (Lipinski definition) is 2. The molecular formula is C22H25N3O3S. The van der Waals surface area contributed by atoms with Crippen molar-refractivity contribution < 1.29 is 13.2 Å². The molecule has 0 unspecified atom stereocenters.